The molecule has 1 unspecified atom stereocenters. The van der Waals surface area contributed by atoms with Crippen molar-refractivity contribution in [3.05, 3.63) is 24.1 Å². The molecule has 1 aliphatic rings. The summed E-state index contributed by atoms with van der Waals surface area (Å²) >= 11 is 0. The molecule has 0 bridgehead atoms. The molecular formula is C20H27FN6O2. The van der Waals surface area contributed by atoms with Gasteiger partial charge in [-0.1, -0.05) is 0 Å². The average molecular weight is 402 g/mol. The largest absolute Gasteiger partial charge is 0.490 e. The standard InChI is InChI=1S/C20H27FN6O2/c1-26(2)7-5-9-28-17-11-16-15(10-13(17)21)23-20(24-16)19-14(22)12-27(25-19)18-6-3-4-8-29-18/h10-12,18H,3-9,22H2,1-2H3,(H,23,24). The number of hydrogen-bond donors (Lipinski definition) is 2. The van der Waals surface area contributed by atoms with Gasteiger partial charge in [-0.25, -0.2) is 14.1 Å². The molecule has 29 heavy (non-hydrogen) atoms. The van der Waals surface area contributed by atoms with Gasteiger partial charge >= 0.3 is 0 Å². The Hall–Kier alpha value is -2.65. The molecule has 1 aromatic carbocycles. The fourth-order valence-electron chi connectivity index (χ4n) is 3.47. The van der Waals surface area contributed by atoms with Crippen LogP contribution in [0.15, 0.2) is 18.3 Å². The van der Waals surface area contributed by atoms with Crippen LogP contribution in [0.3, 0.4) is 0 Å². The third kappa shape index (κ3) is 4.35. The zero-order chi connectivity index (χ0) is 20.4. The van der Waals surface area contributed by atoms with Crippen LogP contribution in [-0.2, 0) is 4.74 Å². The summed E-state index contributed by atoms with van der Waals surface area (Å²) in [7, 11) is 3.98. The first kappa shape index (κ1) is 19.7. The lowest BCUT2D eigenvalue weighted by Crippen LogP contribution is -2.18. The van der Waals surface area contributed by atoms with Crippen molar-refractivity contribution < 1.29 is 13.9 Å². The number of H-pyrrole nitrogens is 1. The van der Waals surface area contributed by atoms with Gasteiger partial charge in [-0.15, -0.1) is 0 Å². The lowest BCUT2D eigenvalue weighted by Gasteiger charge is -2.22. The summed E-state index contributed by atoms with van der Waals surface area (Å²) in [6, 6.07) is 3.00. The third-order valence-electron chi connectivity index (χ3n) is 4.98. The molecule has 4 rings (SSSR count). The van der Waals surface area contributed by atoms with E-state index in [2.05, 4.69) is 20.0 Å². The zero-order valence-corrected chi connectivity index (χ0v) is 16.8. The Morgan fingerprint density at radius 3 is 3.00 bits per heavy atom. The van der Waals surface area contributed by atoms with Crippen LogP contribution in [0.25, 0.3) is 22.6 Å². The van der Waals surface area contributed by atoms with Gasteiger partial charge in [0.2, 0.25) is 0 Å². The lowest BCUT2D eigenvalue weighted by molar-refractivity contribution is -0.0393. The van der Waals surface area contributed by atoms with Gasteiger partial charge in [-0.05, 0) is 39.8 Å². The second-order valence-electron chi connectivity index (χ2n) is 7.62. The predicted octanol–water partition coefficient (Wildman–Crippen LogP) is 3.18. The Bertz CT molecular complexity index is 977. The second kappa shape index (κ2) is 8.38. The average Bonchev–Trinajstić information content (AvgIpc) is 3.28. The van der Waals surface area contributed by atoms with Crippen molar-refractivity contribution in [3.8, 4) is 17.3 Å². The van der Waals surface area contributed by atoms with Gasteiger partial charge in [0.15, 0.2) is 23.1 Å². The second-order valence-corrected chi connectivity index (χ2v) is 7.62. The SMILES string of the molecule is CN(C)CCCOc1cc2[nH]c(-c3nn(C4CCCCO4)cc3N)nc2cc1F. The molecule has 0 spiro atoms. The maximum Gasteiger partial charge on any atom is 0.167 e. The van der Waals surface area contributed by atoms with E-state index in [0.717, 1.165) is 38.8 Å². The first-order valence-electron chi connectivity index (χ1n) is 9.94. The van der Waals surface area contributed by atoms with E-state index in [1.807, 2.05) is 14.1 Å². The Kier molecular flexibility index (Phi) is 5.68. The van der Waals surface area contributed by atoms with Crippen molar-refractivity contribution >= 4 is 16.7 Å². The van der Waals surface area contributed by atoms with Gasteiger partial charge in [-0.3, -0.25) is 0 Å². The van der Waals surface area contributed by atoms with Gasteiger partial charge in [-0.2, -0.15) is 5.10 Å². The van der Waals surface area contributed by atoms with Crippen LogP contribution < -0.4 is 10.5 Å². The normalized spacial score (nSPS) is 17.3. The molecular weight excluding hydrogens is 375 g/mol. The molecule has 3 heterocycles. The van der Waals surface area contributed by atoms with E-state index in [1.165, 1.54) is 6.07 Å². The van der Waals surface area contributed by atoms with Crippen LogP contribution in [-0.4, -0.2) is 58.5 Å². The quantitative estimate of drug-likeness (QED) is 0.590. The number of nitrogens with two attached hydrogens (primary N) is 1. The van der Waals surface area contributed by atoms with Crippen LogP contribution in [0.4, 0.5) is 10.1 Å². The molecule has 0 aliphatic carbocycles. The maximum absolute atomic E-state index is 14.4. The molecule has 1 saturated heterocycles. The molecule has 0 radical (unpaired) electrons. The molecule has 8 nitrogen and oxygen atoms in total. The van der Waals surface area contributed by atoms with Crippen LogP contribution in [0.5, 0.6) is 5.75 Å². The smallest absolute Gasteiger partial charge is 0.167 e. The van der Waals surface area contributed by atoms with E-state index in [1.54, 1.807) is 16.9 Å². The fourth-order valence-corrected chi connectivity index (χ4v) is 3.47. The Balaban J connectivity index is 1.55. The highest BCUT2D eigenvalue weighted by atomic mass is 19.1. The highest BCUT2D eigenvalue weighted by Crippen LogP contribution is 2.30. The number of aromatic nitrogens is 4. The zero-order valence-electron chi connectivity index (χ0n) is 16.8. The molecule has 2 aromatic heterocycles. The summed E-state index contributed by atoms with van der Waals surface area (Å²) in [4.78, 5) is 9.71. The molecule has 1 atom stereocenters. The van der Waals surface area contributed by atoms with Crippen LogP contribution in [0.2, 0.25) is 0 Å². The minimum absolute atomic E-state index is 0.108. The first-order valence-corrected chi connectivity index (χ1v) is 9.94. The van der Waals surface area contributed by atoms with Gasteiger partial charge in [0, 0.05) is 25.3 Å². The summed E-state index contributed by atoms with van der Waals surface area (Å²) < 4.78 is 27.5. The minimum Gasteiger partial charge on any atom is -0.490 e. The maximum atomic E-state index is 14.4. The summed E-state index contributed by atoms with van der Waals surface area (Å²) in [5.41, 5.74) is 8.37. The van der Waals surface area contributed by atoms with Crippen LogP contribution in [0, 0.1) is 5.82 Å². The Labute approximate surface area is 168 Å². The number of rotatable bonds is 7. The van der Waals surface area contributed by atoms with Crippen molar-refractivity contribution in [2.24, 2.45) is 0 Å². The summed E-state index contributed by atoms with van der Waals surface area (Å²) in [5, 5.41) is 4.56. The molecule has 1 aliphatic heterocycles. The predicted molar refractivity (Wildman–Crippen MR) is 109 cm³/mol. The van der Waals surface area contributed by atoms with E-state index >= 15 is 0 Å². The number of imidazole rings is 1. The number of ether oxygens (including phenoxy) is 2. The first-order chi connectivity index (χ1) is 14.0. The molecule has 0 amide bonds. The third-order valence-corrected chi connectivity index (χ3v) is 4.98. The number of benzene rings is 1. The lowest BCUT2D eigenvalue weighted by atomic mass is 10.2. The van der Waals surface area contributed by atoms with Gasteiger partial charge in [0.1, 0.15) is 6.23 Å². The monoisotopic (exact) mass is 402 g/mol. The number of nitrogens with zero attached hydrogens (tertiary/aromatic N) is 4. The van der Waals surface area contributed by atoms with Gasteiger partial charge in [0.05, 0.1) is 29.5 Å². The molecule has 0 saturated carbocycles. The van der Waals surface area contributed by atoms with Crippen molar-refractivity contribution in [2.75, 3.05) is 39.6 Å². The fraction of sp³-hybridized carbons (Fsp3) is 0.500. The van der Waals surface area contributed by atoms with Crippen LogP contribution in [0.1, 0.15) is 31.9 Å². The number of nitrogens with one attached hydrogen (secondary N) is 1. The highest BCUT2D eigenvalue weighted by molar-refractivity contribution is 5.82. The van der Waals surface area contributed by atoms with E-state index in [0.29, 0.717) is 34.8 Å². The number of nitrogen functional groups attached to an aromatic ring is 1. The van der Waals surface area contributed by atoms with E-state index in [9.17, 15) is 4.39 Å². The highest BCUT2D eigenvalue weighted by Gasteiger charge is 2.21. The molecule has 1 fully saturated rings. The summed E-state index contributed by atoms with van der Waals surface area (Å²) in [6.45, 7) is 2.05. The van der Waals surface area contributed by atoms with Gasteiger partial charge in [0.25, 0.3) is 0 Å². The summed E-state index contributed by atoms with van der Waals surface area (Å²) in [5.74, 6) is 0.270. The van der Waals surface area contributed by atoms with Gasteiger partial charge < -0.3 is 25.1 Å². The Morgan fingerprint density at radius 1 is 1.38 bits per heavy atom. The minimum atomic E-state index is -0.436. The topological polar surface area (TPSA) is 94.2 Å². The van der Waals surface area contributed by atoms with Crippen molar-refractivity contribution in [1.29, 1.82) is 0 Å². The Morgan fingerprint density at radius 2 is 2.24 bits per heavy atom. The van der Waals surface area contributed by atoms with E-state index < -0.39 is 5.82 Å². The summed E-state index contributed by atoms with van der Waals surface area (Å²) in [6.07, 6.45) is 5.54. The molecule has 3 aromatic rings. The van der Waals surface area contributed by atoms with Crippen molar-refractivity contribution in [3.63, 3.8) is 0 Å². The molecule has 156 valence electrons. The number of anilines is 1. The molecule has 9 heteroatoms. The van der Waals surface area contributed by atoms with Crippen molar-refractivity contribution in [2.45, 2.75) is 31.9 Å². The van der Waals surface area contributed by atoms with Crippen molar-refractivity contribution in [1.82, 2.24) is 24.6 Å². The van der Waals surface area contributed by atoms with E-state index in [4.69, 9.17) is 15.2 Å². The number of halogens is 1. The molecule has 3 N–H and O–H groups in total. The number of aromatic amines is 1. The van der Waals surface area contributed by atoms with Crippen LogP contribution >= 0.6 is 0 Å². The number of hydrogen-bond acceptors (Lipinski definition) is 6. The number of fused-ring (bicyclic) bond motifs is 1. The van der Waals surface area contributed by atoms with E-state index in [-0.39, 0.29) is 12.0 Å².